The molecule has 0 spiro atoms. The average molecular weight is 190 g/mol. The molecule has 0 saturated heterocycles. The van der Waals surface area contributed by atoms with Crippen molar-refractivity contribution in [2.75, 3.05) is 12.4 Å². The van der Waals surface area contributed by atoms with Crippen LogP contribution in [0.2, 0.25) is 0 Å². The third kappa shape index (κ3) is 3.15. The van der Waals surface area contributed by atoms with Crippen LogP contribution in [0, 0.1) is 0 Å². The minimum absolute atomic E-state index is 0.150. The third-order valence-electron chi connectivity index (χ3n) is 2.10. The topological polar surface area (TPSA) is 37.3 Å². The summed E-state index contributed by atoms with van der Waals surface area (Å²) in [6.07, 6.45) is 1.42. The van der Waals surface area contributed by atoms with Crippen LogP contribution in [0.4, 0.5) is 0 Å². The number of aliphatic hydroxyl groups excluding tert-OH is 1. The first-order valence-corrected chi connectivity index (χ1v) is 5.37. The van der Waals surface area contributed by atoms with Crippen LogP contribution in [-0.2, 0) is 4.79 Å². The molecule has 1 unspecified atom stereocenters. The molecule has 0 rings (SSSR count). The molecule has 0 bridgehead atoms. The van der Waals surface area contributed by atoms with E-state index in [1.807, 2.05) is 20.8 Å². The van der Waals surface area contributed by atoms with Crippen molar-refractivity contribution in [3.05, 3.63) is 0 Å². The summed E-state index contributed by atoms with van der Waals surface area (Å²) in [5.41, 5.74) is 0. The van der Waals surface area contributed by atoms with Gasteiger partial charge in [0.25, 0.3) is 0 Å². The number of Topliss-reactive ketones (excluding diaryl/α,β-unsaturated/α-hetero) is 1. The second-order valence-corrected chi connectivity index (χ2v) is 4.53. The maximum absolute atomic E-state index is 11.5. The standard InChI is InChI=1S/C9H18O2S/c1-4-8(11)9(3,5-2)12-7-6-10/h10H,4-7H2,1-3H3. The van der Waals surface area contributed by atoms with Gasteiger partial charge in [0.15, 0.2) is 0 Å². The SMILES string of the molecule is CCC(=O)C(C)(CC)SCCO. The third-order valence-corrected chi connectivity index (χ3v) is 3.64. The molecule has 0 aliphatic rings. The highest BCUT2D eigenvalue weighted by Gasteiger charge is 2.29. The Morgan fingerprint density at radius 2 is 2.08 bits per heavy atom. The van der Waals surface area contributed by atoms with Crippen molar-refractivity contribution >= 4 is 17.5 Å². The summed E-state index contributed by atoms with van der Waals surface area (Å²) in [6, 6.07) is 0. The van der Waals surface area contributed by atoms with E-state index in [0.717, 1.165) is 6.42 Å². The monoisotopic (exact) mass is 190 g/mol. The summed E-state index contributed by atoms with van der Waals surface area (Å²) in [7, 11) is 0. The van der Waals surface area contributed by atoms with Gasteiger partial charge in [-0.05, 0) is 13.3 Å². The van der Waals surface area contributed by atoms with Crippen molar-refractivity contribution in [3.8, 4) is 0 Å². The van der Waals surface area contributed by atoms with Crippen LogP contribution in [0.5, 0.6) is 0 Å². The summed E-state index contributed by atoms with van der Waals surface area (Å²) in [5.74, 6) is 0.930. The lowest BCUT2D eigenvalue weighted by atomic mass is 10.0. The number of thioether (sulfide) groups is 1. The highest BCUT2D eigenvalue weighted by Crippen LogP contribution is 2.30. The van der Waals surface area contributed by atoms with E-state index in [9.17, 15) is 4.79 Å². The zero-order chi connectivity index (χ0) is 9.61. The van der Waals surface area contributed by atoms with Gasteiger partial charge in [0.2, 0.25) is 0 Å². The molecule has 0 saturated carbocycles. The van der Waals surface area contributed by atoms with Crippen LogP contribution < -0.4 is 0 Å². The summed E-state index contributed by atoms with van der Waals surface area (Å²) in [5, 5.41) is 8.65. The molecule has 0 radical (unpaired) electrons. The van der Waals surface area contributed by atoms with Crippen LogP contribution >= 0.6 is 11.8 Å². The lowest BCUT2D eigenvalue weighted by molar-refractivity contribution is -0.120. The molecule has 3 heteroatoms. The van der Waals surface area contributed by atoms with Crippen molar-refractivity contribution in [3.63, 3.8) is 0 Å². The molecule has 0 aromatic carbocycles. The van der Waals surface area contributed by atoms with Gasteiger partial charge >= 0.3 is 0 Å². The molecule has 0 aliphatic heterocycles. The van der Waals surface area contributed by atoms with Crippen LogP contribution in [0.1, 0.15) is 33.6 Å². The lowest BCUT2D eigenvalue weighted by Gasteiger charge is -2.25. The van der Waals surface area contributed by atoms with E-state index in [0.29, 0.717) is 12.2 Å². The fraction of sp³-hybridized carbons (Fsp3) is 0.889. The van der Waals surface area contributed by atoms with Crippen molar-refractivity contribution < 1.29 is 9.90 Å². The van der Waals surface area contributed by atoms with Crippen molar-refractivity contribution in [1.29, 1.82) is 0 Å². The number of rotatable bonds is 6. The van der Waals surface area contributed by atoms with E-state index < -0.39 is 0 Å². The molecule has 2 nitrogen and oxygen atoms in total. The number of ketones is 1. The Morgan fingerprint density at radius 1 is 1.50 bits per heavy atom. The summed E-state index contributed by atoms with van der Waals surface area (Å²) in [6.45, 7) is 6.00. The van der Waals surface area contributed by atoms with Crippen molar-refractivity contribution in [1.82, 2.24) is 0 Å². The zero-order valence-corrected chi connectivity index (χ0v) is 8.91. The van der Waals surface area contributed by atoms with Crippen molar-refractivity contribution in [2.45, 2.75) is 38.4 Å². The molecule has 0 aromatic rings. The van der Waals surface area contributed by atoms with E-state index in [4.69, 9.17) is 5.11 Å². The van der Waals surface area contributed by atoms with Crippen molar-refractivity contribution in [2.24, 2.45) is 0 Å². The Hall–Kier alpha value is -0.0200. The fourth-order valence-corrected chi connectivity index (χ4v) is 2.08. The summed E-state index contributed by atoms with van der Waals surface area (Å²) in [4.78, 5) is 11.5. The van der Waals surface area contributed by atoms with Gasteiger partial charge in [-0.3, -0.25) is 4.79 Å². The van der Waals surface area contributed by atoms with Crippen LogP contribution in [0.3, 0.4) is 0 Å². The maximum atomic E-state index is 11.5. The number of hydrogen-bond acceptors (Lipinski definition) is 3. The molecule has 0 aromatic heterocycles. The molecule has 0 fully saturated rings. The average Bonchev–Trinajstić information content (AvgIpc) is 2.12. The Labute approximate surface area is 78.7 Å². The molecule has 1 atom stereocenters. The van der Waals surface area contributed by atoms with Gasteiger partial charge in [-0.25, -0.2) is 0 Å². The van der Waals surface area contributed by atoms with E-state index in [1.165, 1.54) is 0 Å². The van der Waals surface area contributed by atoms with Gasteiger partial charge in [-0.1, -0.05) is 13.8 Å². The minimum atomic E-state index is -0.280. The smallest absolute Gasteiger partial charge is 0.148 e. The molecule has 12 heavy (non-hydrogen) atoms. The highest BCUT2D eigenvalue weighted by atomic mass is 32.2. The first-order valence-electron chi connectivity index (χ1n) is 4.38. The maximum Gasteiger partial charge on any atom is 0.148 e. The predicted molar refractivity (Wildman–Crippen MR) is 53.5 cm³/mol. The summed E-state index contributed by atoms with van der Waals surface area (Å²) >= 11 is 1.56. The molecular weight excluding hydrogens is 172 g/mol. The molecule has 1 N–H and O–H groups in total. The minimum Gasteiger partial charge on any atom is -0.396 e. The molecule has 0 aliphatic carbocycles. The van der Waals surface area contributed by atoms with Gasteiger partial charge in [-0.2, -0.15) is 0 Å². The van der Waals surface area contributed by atoms with Gasteiger partial charge < -0.3 is 5.11 Å². The van der Waals surface area contributed by atoms with Gasteiger partial charge in [0.1, 0.15) is 5.78 Å². The second kappa shape index (κ2) is 5.60. The normalized spacial score (nSPS) is 15.7. The summed E-state index contributed by atoms with van der Waals surface area (Å²) < 4.78 is -0.280. The number of aliphatic hydroxyl groups is 1. The van der Waals surface area contributed by atoms with Gasteiger partial charge in [0.05, 0.1) is 11.4 Å². The van der Waals surface area contributed by atoms with E-state index >= 15 is 0 Å². The number of hydrogen-bond donors (Lipinski definition) is 1. The zero-order valence-electron chi connectivity index (χ0n) is 8.09. The predicted octanol–water partition coefficient (Wildman–Crippen LogP) is 1.86. The number of carbonyl (C=O) groups is 1. The van der Waals surface area contributed by atoms with E-state index in [1.54, 1.807) is 11.8 Å². The van der Waals surface area contributed by atoms with E-state index in [2.05, 4.69) is 0 Å². The second-order valence-electron chi connectivity index (χ2n) is 2.93. The Morgan fingerprint density at radius 3 is 2.42 bits per heavy atom. The molecule has 72 valence electrons. The molecule has 0 amide bonds. The molecule has 0 heterocycles. The Kier molecular flexibility index (Phi) is 5.59. The Balaban J connectivity index is 4.13. The Bertz CT molecular complexity index is 147. The first-order chi connectivity index (χ1) is 5.60. The van der Waals surface area contributed by atoms with Crippen LogP contribution in [0.25, 0.3) is 0 Å². The van der Waals surface area contributed by atoms with Crippen LogP contribution in [0.15, 0.2) is 0 Å². The first kappa shape index (κ1) is 12.0. The fourth-order valence-electron chi connectivity index (χ4n) is 1.02. The van der Waals surface area contributed by atoms with Gasteiger partial charge in [0, 0.05) is 12.2 Å². The quantitative estimate of drug-likeness (QED) is 0.694. The van der Waals surface area contributed by atoms with Crippen LogP contribution in [-0.4, -0.2) is 28.0 Å². The lowest BCUT2D eigenvalue weighted by Crippen LogP contribution is -2.31. The molecular formula is C9H18O2S. The largest absolute Gasteiger partial charge is 0.396 e. The van der Waals surface area contributed by atoms with Gasteiger partial charge in [-0.15, -0.1) is 11.8 Å². The van der Waals surface area contributed by atoms with E-state index in [-0.39, 0.29) is 17.1 Å². The highest BCUT2D eigenvalue weighted by molar-refractivity contribution is 8.01. The number of carbonyl (C=O) groups excluding carboxylic acids is 1.